The summed E-state index contributed by atoms with van der Waals surface area (Å²) in [5, 5.41) is 1.62. The summed E-state index contributed by atoms with van der Waals surface area (Å²) >= 11 is 1.45. The molecule has 2 aromatic heterocycles. The molecule has 24 heavy (non-hydrogen) atoms. The number of thioether (sulfide) groups is 1. The van der Waals surface area contributed by atoms with Crippen LogP contribution < -0.4 is 10.3 Å². The van der Waals surface area contributed by atoms with E-state index >= 15 is 0 Å². The largest absolute Gasteiger partial charge is 0.497 e. The third kappa shape index (κ3) is 2.18. The number of aromatic amines is 1. The predicted octanol–water partition coefficient (Wildman–Crippen LogP) is 3.60. The maximum atomic E-state index is 13.1. The molecule has 2 aromatic carbocycles. The Kier molecular flexibility index (Phi) is 3.54. The first-order valence-electron chi connectivity index (χ1n) is 7.45. The van der Waals surface area contributed by atoms with Gasteiger partial charge in [0.1, 0.15) is 16.8 Å². The highest BCUT2D eigenvalue weighted by molar-refractivity contribution is 7.98. The maximum Gasteiger partial charge on any atom is 0.283 e. The highest BCUT2D eigenvalue weighted by atomic mass is 32.2. The minimum Gasteiger partial charge on any atom is -0.497 e. The zero-order valence-corrected chi connectivity index (χ0v) is 14.1. The van der Waals surface area contributed by atoms with Crippen LogP contribution in [0.2, 0.25) is 0 Å². The van der Waals surface area contributed by atoms with Crippen molar-refractivity contribution in [3.63, 3.8) is 0 Å². The lowest BCUT2D eigenvalue weighted by Gasteiger charge is -2.11. The number of hydrogen-bond donors (Lipinski definition) is 1. The van der Waals surface area contributed by atoms with Gasteiger partial charge < -0.3 is 9.72 Å². The zero-order chi connectivity index (χ0) is 16.7. The molecule has 0 spiro atoms. The van der Waals surface area contributed by atoms with E-state index in [4.69, 9.17) is 9.72 Å². The van der Waals surface area contributed by atoms with Gasteiger partial charge in [0.2, 0.25) is 0 Å². The van der Waals surface area contributed by atoms with E-state index in [-0.39, 0.29) is 5.56 Å². The summed E-state index contributed by atoms with van der Waals surface area (Å²) in [5.74, 6) is 0.747. The van der Waals surface area contributed by atoms with Gasteiger partial charge in [-0.05, 0) is 36.6 Å². The molecule has 0 aliphatic carbocycles. The van der Waals surface area contributed by atoms with Gasteiger partial charge in [-0.15, -0.1) is 0 Å². The third-order valence-corrected chi connectivity index (χ3v) is 4.65. The number of H-pyrrole nitrogens is 1. The highest BCUT2D eigenvalue weighted by Gasteiger charge is 2.16. The SMILES string of the molecule is COc1ccc(-n2c(SC)nc3c([nH]c4ccccc43)c2=O)cc1. The summed E-state index contributed by atoms with van der Waals surface area (Å²) in [4.78, 5) is 21.0. The summed E-state index contributed by atoms with van der Waals surface area (Å²) < 4.78 is 6.81. The number of benzene rings is 2. The topological polar surface area (TPSA) is 59.9 Å². The fourth-order valence-electron chi connectivity index (χ4n) is 2.84. The number of methoxy groups -OCH3 is 1. The molecular weight excluding hydrogens is 322 g/mol. The van der Waals surface area contributed by atoms with Crippen molar-refractivity contribution in [2.75, 3.05) is 13.4 Å². The van der Waals surface area contributed by atoms with Crippen LogP contribution in [0.1, 0.15) is 0 Å². The molecule has 0 radical (unpaired) electrons. The van der Waals surface area contributed by atoms with Gasteiger partial charge in [-0.25, -0.2) is 4.98 Å². The molecule has 4 rings (SSSR count). The summed E-state index contributed by atoms with van der Waals surface area (Å²) in [6, 6.07) is 15.2. The van der Waals surface area contributed by atoms with Crippen molar-refractivity contribution in [1.82, 2.24) is 14.5 Å². The van der Waals surface area contributed by atoms with E-state index in [0.29, 0.717) is 16.2 Å². The van der Waals surface area contributed by atoms with Gasteiger partial charge in [-0.3, -0.25) is 9.36 Å². The van der Waals surface area contributed by atoms with Crippen LogP contribution in [0.15, 0.2) is 58.5 Å². The molecule has 0 saturated carbocycles. The fraction of sp³-hybridized carbons (Fsp3) is 0.111. The van der Waals surface area contributed by atoms with Crippen LogP contribution >= 0.6 is 11.8 Å². The van der Waals surface area contributed by atoms with E-state index in [1.54, 1.807) is 11.7 Å². The minimum absolute atomic E-state index is 0.106. The molecule has 0 fully saturated rings. The van der Waals surface area contributed by atoms with Crippen molar-refractivity contribution in [2.45, 2.75) is 5.16 Å². The van der Waals surface area contributed by atoms with E-state index in [2.05, 4.69) is 4.98 Å². The Bertz CT molecular complexity index is 1100. The molecule has 120 valence electrons. The second kappa shape index (κ2) is 5.72. The average molecular weight is 337 g/mol. The van der Waals surface area contributed by atoms with E-state index in [0.717, 1.165) is 22.3 Å². The standard InChI is InChI=1S/C18H15N3O2S/c1-23-12-9-7-11(8-10-12)21-17(22)16-15(20-18(21)24-2)13-5-3-4-6-14(13)19-16/h3-10,19H,1-2H3. The van der Waals surface area contributed by atoms with Crippen molar-refractivity contribution in [1.29, 1.82) is 0 Å². The van der Waals surface area contributed by atoms with Crippen LogP contribution in [0.5, 0.6) is 5.75 Å². The Balaban J connectivity index is 2.05. The van der Waals surface area contributed by atoms with E-state index in [1.165, 1.54) is 11.8 Å². The molecule has 0 atom stereocenters. The fourth-order valence-corrected chi connectivity index (χ4v) is 3.39. The van der Waals surface area contributed by atoms with Gasteiger partial charge in [0.25, 0.3) is 5.56 Å². The highest BCUT2D eigenvalue weighted by Crippen LogP contribution is 2.25. The molecule has 0 amide bonds. The monoisotopic (exact) mass is 337 g/mol. The van der Waals surface area contributed by atoms with Gasteiger partial charge in [-0.1, -0.05) is 30.0 Å². The van der Waals surface area contributed by atoms with E-state index in [1.807, 2.05) is 54.8 Å². The molecule has 0 aliphatic heterocycles. The first kappa shape index (κ1) is 14.8. The molecule has 2 heterocycles. The molecule has 4 aromatic rings. The number of ether oxygens (including phenoxy) is 1. The number of fused-ring (bicyclic) bond motifs is 3. The lowest BCUT2D eigenvalue weighted by molar-refractivity contribution is 0.414. The number of rotatable bonds is 3. The van der Waals surface area contributed by atoms with Crippen LogP contribution in [-0.2, 0) is 0 Å². The number of nitrogens with one attached hydrogen (secondary N) is 1. The van der Waals surface area contributed by atoms with Gasteiger partial charge in [0.15, 0.2) is 5.16 Å². The van der Waals surface area contributed by atoms with Gasteiger partial charge in [-0.2, -0.15) is 0 Å². The van der Waals surface area contributed by atoms with Crippen molar-refractivity contribution < 1.29 is 4.74 Å². The lowest BCUT2D eigenvalue weighted by Crippen LogP contribution is -2.21. The Morgan fingerprint density at radius 3 is 2.58 bits per heavy atom. The number of hydrogen-bond acceptors (Lipinski definition) is 4. The summed E-state index contributed by atoms with van der Waals surface area (Å²) in [5.41, 5.74) is 2.80. The van der Waals surface area contributed by atoms with Gasteiger partial charge in [0, 0.05) is 10.9 Å². The Labute approximate surface area is 142 Å². The first-order valence-corrected chi connectivity index (χ1v) is 8.67. The molecule has 0 aliphatic rings. The van der Waals surface area contributed by atoms with E-state index < -0.39 is 0 Å². The normalized spacial score (nSPS) is 11.2. The lowest BCUT2D eigenvalue weighted by atomic mass is 10.2. The van der Waals surface area contributed by atoms with Crippen molar-refractivity contribution >= 4 is 33.7 Å². The first-order chi connectivity index (χ1) is 11.7. The minimum atomic E-state index is -0.106. The molecule has 5 nitrogen and oxygen atoms in total. The molecule has 0 unspecified atom stereocenters. The van der Waals surface area contributed by atoms with Gasteiger partial charge in [0.05, 0.1) is 12.8 Å². The Morgan fingerprint density at radius 2 is 1.88 bits per heavy atom. The second-order valence-corrected chi connectivity index (χ2v) is 6.10. The smallest absolute Gasteiger partial charge is 0.283 e. The Morgan fingerprint density at radius 1 is 1.12 bits per heavy atom. The summed E-state index contributed by atoms with van der Waals surface area (Å²) in [7, 11) is 1.62. The number of nitrogens with zero attached hydrogens (tertiary/aromatic N) is 2. The molecule has 0 bridgehead atoms. The van der Waals surface area contributed by atoms with Crippen LogP contribution in [0, 0.1) is 0 Å². The summed E-state index contributed by atoms with van der Waals surface area (Å²) in [6.45, 7) is 0. The maximum absolute atomic E-state index is 13.1. The van der Waals surface area contributed by atoms with Crippen LogP contribution in [0.25, 0.3) is 27.6 Å². The third-order valence-electron chi connectivity index (χ3n) is 4.01. The predicted molar refractivity (Wildman–Crippen MR) is 97.5 cm³/mol. The molecule has 6 heteroatoms. The number of aromatic nitrogens is 3. The Hall–Kier alpha value is -2.73. The second-order valence-electron chi connectivity index (χ2n) is 5.33. The molecular formula is C18H15N3O2S. The van der Waals surface area contributed by atoms with Gasteiger partial charge >= 0.3 is 0 Å². The van der Waals surface area contributed by atoms with Crippen molar-refractivity contribution in [3.8, 4) is 11.4 Å². The van der Waals surface area contributed by atoms with E-state index in [9.17, 15) is 4.79 Å². The van der Waals surface area contributed by atoms with Crippen molar-refractivity contribution in [3.05, 3.63) is 58.9 Å². The van der Waals surface area contributed by atoms with Crippen LogP contribution in [-0.4, -0.2) is 27.9 Å². The van der Waals surface area contributed by atoms with Crippen LogP contribution in [0.3, 0.4) is 0 Å². The van der Waals surface area contributed by atoms with Crippen molar-refractivity contribution in [2.24, 2.45) is 0 Å². The molecule has 1 N–H and O–H groups in total. The zero-order valence-electron chi connectivity index (χ0n) is 13.2. The summed E-state index contributed by atoms with van der Waals surface area (Å²) in [6.07, 6.45) is 1.92. The number of para-hydroxylation sites is 1. The van der Waals surface area contributed by atoms with Crippen LogP contribution in [0.4, 0.5) is 0 Å². The quantitative estimate of drug-likeness (QED) is 0.458. The average Bonchev–Trinajstić information content (AvgIpc) is 3.01. The molecule has 0 saturated heterocycles.